The Morgan fingerprint density at radius 2 is 1.33 bits per heavy atom. The van der Waals surface area contributed by atoms with E-state index in [0.717, 1.165) is 12.5 Å². The van der Waals surface area contributed by atoms with Crippen LogP contribution in [0.4, 0.5) is 0 Å². The van der Waals surface area contributed by atoms with Crippen LogP contribution in [-0.2, 0) is 13.3 Å². The minimum atomic E-state index is -2.33. The Balaban J connectivity index is 4.18. The molecule has 0 radical (unpaired) electrons. The second-order valence-electron chi connectivity index (χ2n) is 3.23. The zero-order valence-corrected chi connectivity index (χ0v) is 13.7. The predicted molar refractivity (Wildman–Crippen MR) is 68.0 cm³/mol. The molecule has 0 heterocycles. The van der Waals surface area contributed by atoms with Crippen LogP contribution in [-0.4, -0.2) is 45.5 Å². The van der Waals surface area contributed by atoms with Crippen LogP contribution in [0.15, 0.2) is 0 Å². The first kappa shape index (κ1) is 15.7. The molecule has 0 saturated carbocycles. The molecule has 15 heavy (non-hydrogen) atoms. The van der Waals surface area contributed by atoms with Crippen molar-refractivity contribution in [2.45, 2.75) is 44.9 Å². The van der Waals surface area contributed by atoms with E-state index in [0.29, 0.717) is 19.8 Å². The minimum absolute atomic E-state index is 0.683. The third kappa shape index (κ3) is 6.74. The van der Waals surface area contributed by atoms with Crippen molar-refractivity contribution in [1.29, 1.82) is 0 Å². The molecule has 0 N–H and O–H groups in total. The molecule has 0 aliphatic rings. The van der Waals surface area contributed by atoms with Gasteiger partial charge in [-0.25, -0.2) is 0 Å². The maximum atomic E-state index is 5.76. The Bertz CT molecular complexity index is 130. The van der Waals surface area contributed by atoms with E-state index in [1.807, 2.05) is 20.8 Å². The number of unbranched alkanes of at least 4 members (excludes halogenated alkanes) is 1. The summed E-state index contributed by atoms with van der Waals surface area (Å²) in [5, 5.41) is 1.28. The van der Waals surface area contributed by atoms with Gasteiger partial charge in [-0.05, 0) is 0 Å². The summed E-state index contributed by atoms with van der Waals surface area (Å²) < 4.78 is 17.3. The van der Waals surface area contributed by atoms with Gasteiger partial charge >= 0.3 is 104 Å². The normalized spacial score (nSPS) is 12.0. The van der Waals surface area contributed by atoms with Gasteiger partial charge in [0.2, 0.25) is 0 Å². The molecule has 0 aliphatic carbocycles. The predicted octanol–water partition coefficient (Wildman–Crippen LogP) is 1.87. The molecule has 0 spiro atoms. The van der Waals surface area contributed by atoms with Gasteiger partial charge in [0.15, 0.2) is 0 Å². The van der Waals surface area contributed by atoms with Gasteiger partial charge in [-0.3, -0.25) is 0 Å². The monoisotopic (exact) mass is 296 g/mol. The Hall–Kier alpha value is 0.655. The molecule has 0 aromatic rings. The summed E-state index contributed by atoms with van der Waals surface area (Å²) in [5.41, 5.74) is 0. The maximum absolute atomic E-state index is 5.76. The van der Waals surface area contributed by atoms with Gasteiger partial charge in [-0.2, -0.15) is 0 Å². The topological polar surface area (TPSA) is 27.7 Å². The van der Waals surface area contributed by atoms with Gasteiger partial charge in [0.25, 0.3) is 0 Å². The van der Waals surface area contributed by atoms with Crippen LogP contribution in [0.2, 0.25) is 11.3 Å². The molecule has 0 amide bonds. The SMILES string of the molecule is CCO[Si](CCCC[AsH2])(OCC)OCC. The van der Waals surface area contributed by atoms with Crippen molar-refractivity contribution in [1.82, 2.24) is 0 Å². The average molecular weight is 296 g/mol. The third-order valence-electron chi connectivity index (χ3n) is 2.03. The number of hydrogen-bond donors (Lipinski definition) is 0. The van der Waals surface area contributed by atoms with E-state index in [1.54, 1.807) is 16.9 Å². The van der Waals surface area contributed by atoms with Gasteiger partial charge in [-0.15, -0.1) is 0 Å². The van der Waals surface area contributed by atoms with Crippen LogP contribution in [0.25, 0.3) is 0 Å². The van der Waals surface area contributed by atoms with Gasteiger partial charge in [-0.1, -0.05) is 0 Å². The van der Waals surface area contributed by atoms with Gasteiger partial charge < -0.3 is 0 Å². The zero-order chi connectivity index (χ0) is 11.6. The van der Waals surface area contributed by atoms with Crippen molar-refractivity contribution in [3.63, 3.8) is 0 Å². The molecule has 0 aromatic carbocycles. The van der Waals surface area contributed by atoms with Crippen molar-refractivity contribution in [3.05, 3.63) is 0 Å². The van der Waals surface area contributed by atoms with Crippen LogP contribution in [0.3, 0.4) is 0 Å². The zero-order valence-electron chi connectivity index (χ0n) is 10.3. The second-order valence-corrected chi connectivity index (χ2v) is 7.17. The van der Waals surface area contributed by atoms with E-state index in [9.17, 15) is 0 Å². The molecule has 92 valence electrons. The van der Waals surface area contributed by atoms with E-state index in [4.69, 9.17) is 13.3 Å². The fourth-order valence-electron chi connectivity index (χ4n) is 1.49. The molecule has 3 nitrogen and oxygen atoms in total. The van der Waals surface area contributed by atoms with Crippen LogP contribution in [0.1, 0.15) is 33.6 Å². The van der Waals surface area contributed by atoms with Crippen LogP contribution < -0.4 is 0 Å². The van der Waals surface area contributed by atoms with Crippen LogP contribution >= 0.6 is 0 Å². The fraction of sp³-hybridized carbons (Fsp3) is 1.00. The van der Waals surface area contributed by atoms with E-state index in [-0.39, 0.29) is 0 Å². The molecular formula is C10H25AsO3Si. The van der Waals surface area contributed by atoms with Crippen molar-refractivity contribution in [2.75, 3.05) is 19.8 Å². The number of rotatable bonds is 10. The number of hydrogen-bond acceptors (Lipinski definition) is 3. The van der Waals surface area contributed by atoms with Crippen molar-refractivity contribution in [3.8, 4) is 0 Å². The first-order valence-corrected chi connectivity index (χ1v) is 9.51. The summed E-state index contributed by atoms with van der Waals surface area (Å²) in [7, 11) is -2.33. The quantitative estimate of drug-likeness (QED) is 0.455. The summed E-state index contributed by atoms with van der Waals surface area (Å²) in [4.78, 5) is 0. The van der Waals surface area contributed by atoms with Crippen molar-refractivity contribution < 1.29 is 13.3 Å². The van der Waals surface area contributed by atoms with Gasteiger partial charge in [0.1, 0.15) is 0 Å². The Kier molecular flexibility index (Phi) is 10.3. The first-order chi connectivity index (χ1) is 7.24. The second kappa shape index (κ2) is 9.85. The van der Waals surface area contributed by atoms with Gasteiger partial charge in [0.05, 0.1) is 0 Å². The Morgan fingerprint density at radius 3 is 1.67 bits per heavy atom. The van der Waals surface area contributed by atoms with Gasteiger partial charge in [0, 0.05) is 0 Å². The summed E-state index contributed by atoms with van der Waals surface area (Å²) >= 11 is 1.79. The summed E-state index contributed by atoms with van der Waals surface area (Å²) in [6.45, 7) is 8.06. The molecule has 0 rings (SSSR count). The van der Waals surface area contributed by atoms with Crippen LogP contribution in [0.5, 0.6) is 0 Å². The average Bonchev–Trinajstić information content (AvgIpc) is 2.19. The fourth-order valence-corrected chi connectivity index (χ4v) is 4.78. The molecule has 0 fully saturated rings. The molecule has 1 atom stereocenters. The molecule has 0 aromatic heterocycles. The van der Waals surface area contributed by atoms with E-state index < -0.39 is 8.80 Å². The summed E-state index contributed by atoms with van der Waals surface area (Å²) in [6, 6.07) is 0.965. The summed E-state index contributed by atoms with van der Waals surface area (Å²) in [5.74, 6) is 0. The first-order valence-electron chi connectivity index (χ1n) is 5.86. The van der Waals surface area contributed by atoms with E-state index in [2.05, 4.69) is 0 Å². The molecule has 0 bridgehead atoms. The van der Waals surface area contributed by atoms with Crippen molar-refractivity contribution >= 4 is 25.7 Å². The summed E-state index contributed by atoms with van der Waals surface area (Å²) in [6.07, 6.45) is 2.41. The molecule has 0 aliphatic heterocycles. The van der Waals surface area contributed by atoms with E-state index >= 15 is 0 Å². The molecule has 5 heteroatoms. The standard InChI is InChI=1S/C10H25AsO3Si/c1-4-12-15(13-5-2,14-6-3)10-8-7-9-11/h4-11H2,1-3H3. The Morgan fingerprint density at radius 1 is 0.867 bits per heavy atom. The third-order valence-corrected chi connectivity index (χ3v) is 6.04. The molecule has 0 saturated heterocycles. The van der Waals surface area contributed by atoms with Crippen molar-refractivity contribution in [2.24, 2.45) is 0 Å². The van der Waals surface area contributed by atoms with E-state index in [1.165, 1.54) is 11.6 Å². The van der Waals surface area contributed by atoms with Crippen LogP contribution in [0, 0.1) is 0 Å². The molecule has 1 unspecified atom stereocenters. The molecular weight excluding hydrogens is 271 g/mol. The Labute approximate surface area is 104 Å².